The van der Waals surface area contributed by atoms with Crippen molar-refractivity contribution in [1.29, 1.82) is 0 Å². The molecule has 2 aromatic carbocycles. The van der Waals surface area contributed by atoms with E-state index in [1.807, 2.05) is 29.2 Å². The number of amides is 1. The largest absolute Gasteiger partial charge is 0.342 e. The first-order valence-electron chi connectivity index (χ1n) is 8.15. The fraction of sp³-hybridized carbons (Fsp3) is 0.316. The van der Waals surface area contributed by atoms with E-state index in [9.17, 15) is 4.79 Å². The van der Waals surface area contributed by atoms with Crippen molar-refractivity contribution in [3.8, 4) is 11.4 Å². The molecule has 5 nitrogen and oxygen atoms in total. The lowest BCUT2D eigenvalue weighted by Crippen LogP contribution is -2.31. The zero-order valence-electron chi connectivity index (χ0n) is 13.8. The quantitative estimate of drug-likeness (QED) is 0.726. The zero-order chi connectivity index (χ0) is 16.7. The van der Waals surface area contributed by atoms with Crippen molar-refractivity contribution in [2.45, 2.75) is 25.7 Å². The minimum Gasteiger partial charge on any atom is -0.342 e. The SMILES string of the molecule is CC(=O)N1CCC(C)(c2nc(-c3cccc4ccccc34)no2)C1. The molecule has 0 saturated carbocycles. The first-order chi connectivity index (χ1) is 11.6. The van der Waals surface area contributed by atoms with E-state index < -0.39 is 0 Å². The van der Waals surface area contributed by atoms with Crippen molar-refractivity contribution < 1.29 is 9.32 Å². The Labute approximate surface area is 140 Å². The van der Waals surface area contributed by atoms with Crippen LogP contribution in [0.25, 0.3) is 22.2 Å². The van der Waals surface area contributed by atoms with Gasteiger partial charge < -0.3 is 9.42 Å². The highest BCUT2D eigenvalue weighted by atomic mass is 16.5. The van der Waals surface area contributed by atoms with E-state index >= 15 is 0 Å². The van der Waals surface area contributed by atoms with Gasteiger partial charge in [-0.05, 0) is 24.1 Å². The number of carbonyl (C=O) groups is 1. The van der Waals surface area contributed by atoms with E-state index in [1.165, 1.54) is 0 Å². The van der Waals surface area contributed by atoms with Gasteiger partial charge in [0.25, 0.3) is 0 Å². The molecule has 1 aromatic heterocycles. The van der Waals surface area contributed by atoms with Crippen LogP contribution in [0.3, 0.4) is 0 Å². The summed E-state index contributed by atoms with van der Waals surface area (Å²) in [5.74, 6) is 1.30. The molecule has 5 heteroatoms. The molecule has 0 spiro atoms. The van der Waals surface area contributed by atoms with Gasteiger partial charge >= 0.3 is 0 Å². The third kappa shape index (κ3) is 2.37. The molecule has 1 atom stereocenters. The number of nitrogens with zero attached hydrogens (tertiary/aromatic N) is 3. The second kappa shape index (κ2) is 5.44. The van der Waals surface area contributed by atoms with Crippen LogP contribution in [-0.2, 0) is 10.2 Å². The number of hydrogen-bond donors (Lipinski definition) is 0. The summed E-state index contributed by atoms with van der Waals surface area (Å²) in [6.07, 6.45) is 0.837. The van der Waals surface area contributed by atoms with Gasteiger partial charge in [-0.15, -0.1) is 0 Å². The second-order valence-electron chi connectivity index (χ2n) is 6.70. The van der Waals surface area contributed by atoms with Crippen molar-refractivity contribution in [3.05, 3.63) is 48.4 Å². The van der Waals surface area contributed by atoms with Crippen LogP contribution in [0.5, 0.6) is 0 Å². The molecule has 3 aromatic rings. The van der Waals surface area contributed by atoms with Crippen LogP contribution >= 0.6 is 0 Å². The molecule has 1 unspecified atom stereocenters. The monoisotopic (exact) mass is 321 g/mol. The van der Waals surface area contributed by atoms with Crippen LogP contribution in [0.15, 0.2) is 47.0 Å². The number of hydrogen-bond acceptors (Lipinski definition) is 4. The molecular weight excluding hydrogens is 302 g/mol. The summed E-state index contributed by atoms with van der Waals surface area (Å²) in [6.45, 7) is 5.04. The molecule has 1 aliphatic heterocycles. The lowest BCUT2D eigenvalue weighted by molar-refractivity contribution is -0.128. The van der Waals surface area contributed by atoms with Crippen LogP contribution in [0.1, 0.15) is 26.2 Å². The van der Waals surface area contributed by atoms with Crippen LogP contribution in [0.4, 0.5) is 0 Å². The van der Waals surface area contributed by atoms with Crippen molar-refractivity contribution >= 4 is 16.7 Å². The van der Waals surface area contributed by atoms with Gasteiger partial charge in [0.15, 0.2) is 0 Å². The Hall–Kier alpha value is -2.69. The van der Waals surface area contributed by atoms with Gasteiger partial charge in [-0.1, -0.05) is 47.6 Å². The highest BCUT2D eigenvalue weighted by Gasteiger charge is 2.41. The maximum atomic E-state index is 11.6. The third-order valence-electron chi connectivity index (χ3n) is 4.89. The minimum atomic E-state index is -0.276. The fourth-order valence-corrected chi connectivity index (χ4v) is 3.40. The van der Waals surface area contributed by atoms with E-state index in [2.05, 4.69) is 35.3 Å². The average Bonchev–Trinajstić information content (AvgIpc) is 3.22. The van der Waals surface area contributed by atoms with E-state index in [-0.39, 0.29) is 11.3 Å². The Kier molecular flexibility index (Phi) is 3.37. The first-order valence-corrected chi connectivity index (χ1v) is 8.15. The van der Waals surface area contributed by atoms with Gasteiger partial charge in [-0.25, -0.2) is 0 Å². The number of aromatic nitrogens is 2. The van der Waals surface area contributed by atoms with Crippen molar-refractivity contribution in [3.63, 3.8) is 0 Å². The topological polar surface area (TPSA) is 59.2 Å². The van der Waals surface area contributed by atoms with Crippen LogP contribution in [0, 0.1) is 0 Å². The van der Waals surface area contributed by atoms with Crippen LogP contribution in [-0.4, -0.2) is 34.0 Å². The summed E-state index contributed by atoms with van der Waals surface area (Å²) in [5.41, 5.74) is 0.690. The molecule has 1 amide bonds. The second-order valence-corrected chi connectivity index (χ2v) is 6.70. The highest BCUT2D eigenvalue weighted by Crippen LogP contribution is 2.35. The summed E-state index contributed by atoms with van der Waals surface area (Å²) in [5, 5.41) is 6.46. The van der Waals surface area contributed by atoms with Gasteiger partial charge in [-0.3, -0.25) is 4.79 Å². The highest BCUT2D eigenvalue weighted by molar-refractivity contribution is 5.94. The fourth-order valence-electron chi connectivity index (χ4n) is 3.40. The number of rotatable bonds is 2. The van der Waals surface area contributed by atoms with E-state index in [0.717, 1.165) is 29.3 Å². The molecule has 2 heterocycles. The van der Waals surface area contributed by atoms with Gasteiger partial charge in [0, 0.05) is 25.6 Å². The normalized spacial score (nSPS) is 20.7. The maximum absolute atomic E-state index is 11.6. The van der Waals surface area contributed by atoms with Gasteiger partial charge in [0.05, 0.1) is 5.41 Å². The van der Waals surface area contributed by atoms with Crippen LogP contribution in [0.2, 0.25) is 0 Å². The molecule has 0 aliphatic carbocycles. The molecule has 4 rings (SSSR count). The van der Waals surface area contributed by atoms with Crippen molar-refractivity contribution in [1.82, 2.24) is 15.0 Å². The number of likely N-dealkylation sites (tertiary alicyclic amines) is 1. The molecule has 1 aliphatic rings. The average molecular weight is 321 g/mol. The van der Waals surface area contributed by atoms with Crippen molar-refractivity contribution in [2.75, 3.05) is 13.1 Å². The number of carbonyl (C=O) groups excluding carboxylic acids is 1. The Morgan fingerprint density at radius 2 is 2.00 bits per heavy atom. The lowest BCUT2D eigenvalue weighted by Gasteiger charge is -2.19. The molecular formula is C19H19N3O2. The minimum absolute atomic E-state index is 0.0903. The lowest BCUT2D eigenvalue weighted by atomic mass is 9.90. The predicted octanol–water partition coefficient (Wildman–Crippen LogP) is 3.40. The summed E-state index contributed by atoms with van der Waals surface area (Å²) >= 11 is 0. The van der Waals surface area contributed by atoms with Gasteiger partial charge in [0.1, 0.15) is 0 Å². The number of benzene rings is 2. The van der Waals surface area contributed by atoms with E-state index in [0.29, 0.717) is 18.3 Å². The number of fused-ring (bicyclic) bond motifs is 1. The standard InChI is InChI=1S/C19H19N3O2/c1-13(23)22-11-10-19(2,12-22)18-20-17(21-24-18)16-9-5-7-14-6-3-4-8-15(14)16/h3-9H,10-12H2,1-2H3. The third-order valence-corrected chi connectivity index (χ3v) is 4.89. The van der Waals surface area contributed by atoms with Gasteiger partial charge in [0.2, 0.25) is 17.6 Å². The Balaban J connectivity index is 1.71. The zero-order valence-corrected chi connectivity index (χ0v) is 13.8. The van der Waals surface area contributed by atoms with E-state index in [4.69, 9.17) is 4.52 Å². The summed E-state index contributed by atoms with van der Waals surface area (Å²) in [7, 11) is 0. The molecule has 122 valence electrons. The molecule has 0 N–H and O–H groups in total. The molecule has 0 bridgehead atoms. The molecule has 0 radical (unpaired) electrons. The summed E-state index contributed by atoms with van der Waals surface area (Å²) in [4.78, 5) is 18.1. The maximum Gasteiger partial charge on any atom is 0.234 e. The Morgan fingerprint density at radius 3 is 2.79 bits per heavy atom. The predicted molar refractivity (Wildman–Crippen MR) is 91.5 cm³/mol. The van der Waals surface area contributed by atoms with Crippen LogP contribution < -0.4 is 0 Å². The molecule has 1 saturated heterocycles. The Bertz CT molecular complexity index is 912. The van der Waals surface area contributed by atoms with E-state index in [1.54, 1.807) is 6.92 Å². The molecule has 24 heavy (non-hydrogen) atoms. The van der Waals surface area contributed by atoms with Gasteiger partial charge in [-0.2, -0.15) is 4.98 Å². The summed E-state index contributed by atoms with van der Waals surface area (Å²) < 4.78 is 5.58. The molecule has 1 fully saturated rings. The summed E-state index contributed by atoms with van der Waals surface area (Å²) in [6, 6.07) is 14.2. The van der Waals surface area contributed by atoms with Crippen molar-refractivity contribution in [2.24, 2.45) is 0 Å². The first kappa shape index (κ1) is 14.9. The Morgan fingerprint density at radius 1 is 1.21 bits per heavy atom. The smallest absolute Gasteiger partial charge is 0.234 e.